The molecule has 0 aliphatic carbocycles. The minimum absolute atomic E-state index is 0.143. The van der Waals surface area contributed by atoms with Crippen molar-refractivity contribution in [1.29, 1.82) is 0 Å². The van der Waals surface area contributed by atoms with Gasteiger partial charge in [-0.1, -0.05) is 0 Å². The van der Waals surface area contributed by atoms with Crippen molar-refractivity contribution in [2.75, 3.05) is 18.1 Å². The number of benzene rings is 3. The molecule has 0 radical (unpaired) electrons. The van der Waals surface area contributed by atoms with Crippen molar-refractivity contribution in [2.24, 2.45) is 10.2 Å². The maximum Gasteiger partial charge on any atom is 0.294 e. The molecule has 0 unspecified atom stereocenters. The van der Waals surface area contributed by atoms with Gasteiger partial charge in [-0.25, -0.2) is 9.10 Å². The number of anilines is 1. The molecule has 0 aliphatic heterocycles. The van der Waals surface area contributed by atoms with Crippen LogP contribution in [0.4, 0.5) is 17.1 Å². The summed E-state index contributed by atoms with van der Waals surface area (Å²) in [5.74, 6) is -1.62. The highest BCUT2D eigenvalue weighted by Gasteiger charge is 2.28. The van der Waals surface area contributed by atoms with Gasteiger partial charge >= 0.3 is 0 Å². The van der Waals surface area contributed by atoms with E-state index in [2.05, 4.69) is 15.1 Å². The van der Waals surface area contributed by atoms with Crippen LogP contribution in [0.1, 0.15) is 5.56 Å². The molecule has 20 heteroatoms. The number of nitrogens with two attached hydrogens (primary N) is 1. The van der Waals surface area contributed by atoms with Crippen LogP contribution >= 0.6 is 22.9 Å². The molecule has 0 amide bonds. The second kappa shape index (κ2) is 10.9. The third-order valence-electron chi connectivity index (χ3n) is 4.96. The number of nitrogen functional groups attached to an aromatic ring is 1. The van der Waals surface area contributed by atoms with E-state index in [0.717, 1.165) is 12.1 Å². The lowest BCUT2D eigenvalue weighted by Crippen LogP contribution is -2.36. The molecule has 0 atom stereocenters. The fourth-order valence-electron chi connectivity index (χ4n) is 3.15. The van der Waals surface area contributed by atoms with Crippen LogP contribution < -0.4 is 5.73 Å². The topological polar surface area (TPSA) is 282 Å². The van der Waals surface area contributed by atoms with Gasteiger partial charge in [0.05, 0.1) is 40.7 Å². The lowest BCUT2D eigenvalue weighted by atomic mass is 10.0. The Morgan fingerprint density at radius 3 is 2.13 bits per heavy atom. The molecule has 0 aromatic heterocycles. The van der Waals surface area contributed by atoms with Gasteiger partial charge in [-0.05, 0) is 48.7 Å². The van der Waals surface area contributed by atoms with Gasteiger partial charge in [-0.3, -0.25) is 18.2 Å². The molecule has 216 valence electrons. The average Bonchev–Trinajstić information content (AvgIpc) is 2.78. The van der Waals surface area contributed by atoms with Crippen LogP contribution in [-0.2, 0) is 29.2 Å². The molecule has 3 aromatic carbocycles. The molecule has 0 aliphatic rings. The Bertz CT molecular complexity index is 1600. The lowest BCUT2D eigenvalue weighted by molar-refractivity contribution is -0.185. The van der Waals surface area contributed by atoms with Crippen molar-refractivity contribution in [2.45, 2.75) is 21.6 Å². The van der Waals surface area contributed by atoms with E-state index in [9.17, 15) is 35.9 Å². The maximum absolute atomic E-state index is 11.7. The molecule has 0 fully saturated rings. The summed E-state index contributed by atoms with van der Waals surface area (Å²) in [5.41, 5.74) is 5.26. The molecular weight excluding hydrogens is 606 g/mol. The normalized spacial score (nSPS) is 14.5. The predicted molar refractivity (Wildman–Crippen MR) is 143 cm³/mol. The van der Waals surface area contributed by atoms with Crippen molar-refractivity contribution < 1.29 is 58.8 Å². The van der Waals surface area contributed by atoms with E-state index in [1.807, 2.05) is 0 Å². The number of rotatable bonds is 10. The number of hydrogen-bond acceptors (Lipinski definition) is 13. The maximum atomic E-state index is 11.7. The summed E-state index contributed by atoms with van der Waals surface area (Å²) in [6.45, 7) is 0.612. The first kappa shape index (κ1) is 31.1. The third-order valence-corrected chi connectivity index (χ3v) is 8.35. The third kappa shape index (κ3) is 8.04. The molecular formula is C19H23N3O13S4. The second-order valence-electron chi connectivity index (χ2n) is 7.92. The molecule has 16 nitrogen and oxygen atoms in total. The van der Waals surface area contributed by atoms with Crippen LogP contribution in [0.5, 0.6) is 5.75 Å². The standard InChI is InChI=1S/C19H23N3O13S4/c1-10-14(37(24,25)26)8-11-9-15(38(27,28)29)18(17(20)16(11)19(10)23)22-21-12-2-4-13(5-3-12)36-35-34-6-7-39(30,31,32)33/h2-5,8-9,23,27-29H,6-7,20H2,1H3,(H,24,25,26)(H3,30,31,32,33). The smallest absolute Gasteiger partial charge is 0.294 e. The van der Waals surface area contributed by atoms with Crippen molar-refractivity contribution in [3.05, 3.63) is 42.0 Å². The van der Waals surface area contributed by atoms with Crippen LogP contribution in [0.2, 0.25) is 0 Å². The zero-order chi connectivity index (χ0) is 29.4. The number of phenols is 1. The monoisotopic (exact) mass is 629 g/mol. The molecule has 10 N–H and O–H groups in total. The Morgan fingerprint density at radius 1 is 1.00 bits per heavy atom. The molecule has 3 rings (SSSR count). The predicted octanol–water partition coefficient (Wildman–Crippen LogP) is 4.88. The van der Waals surface area contributed by atoms with Crippen molar-refractivity contribution in [3.63, 3.8) is 0 Å². The zero-order valence-electron chi connectivity index (χ0n) is 19.6. The highest BCUT2D eigenvalue weighted by molar-refractivity contribution is 8.19. The number of azo groups is 1. The van der Waals surface area contributed by atoms with E-state index in [1.165, 1.54) is 31.2 Å². The quantitative estimate of drug-likeness (QED) is 0.0275. The number of phenolic OH excluding ortho intramolecular Hbond substituents is 1. The molecule has 3 aromatic rings. The number of fused-ring (bicyclic) bond motifs is 1. The highest BCUT2D eigenvalue weighted by Crippen LogP contribution is 2.54. The van der Waals surface area contributed by atoms with E-state index in [0.29, 0.717) is 16.9 Å². The Kier molecular flexibility index (Phi) is 8.65. The van der Waals surface area contributed by atoms with Gasteiger partial charge in [0, 0.05) is 15.8 Å². The van der Waals surface area contributed by atoms with E-state index in [-0.39, 0.29) is 27.7 Å². The lowest BCUT2D eigenvalue weighted by Gasteiger charge is -2.23. The SMILES string of the molecule is Cc1c(S(=O)(=O)O)cc2cc(S(O)(O)O)c(N=Nc3ccc(SOOCCS(=O)(O)(O)O)cc3)c(N)c2c1O. The van der Waals surface area contributed by atoms with Crippen molar-refractivity contribution in [3.8, 4) is 5.75 Å². The molecule has 0 bridgehead atoms. The van der Waals surface area contributed by atoms with Crippen LogP contribution in [0, 0.1) is 6.92 Å². The van der Waals surface area contributed by atoms with E-state index >= 15 is 0 Å². The largest absolute Gasteiger partial charge is 0.507 e. The highest BCUT2D eigenvalue weighted by atomic mass is 32.3. The first-order chi connectivity index (χ1) is 17.7. The summed E-state index contributed by atoms with van der Waals surface area (Å²) >= 11 is 0.675. The first-order valence-corrected chi connectivity index (χ1v) is 15.9. The fraction of sp³-hybridized carbons (Fsp3) is 0.158. The minimum atomic E-state index is -5.69. The van der Waals surface area contributed by atoms with Gasteiger partial charge in [0.15, 0.2) is 9.91 Å². The van der Waals surface area contributed by atoms with E-state index in [1.54, 1.807) is 0 Å². The fourth-order valence-corrected chi connectivity index (χ4v) is 5.41. The summed E-state index contributed by atoms with van der Waals surface area (Å²) < 4.78 is 105. The Balaban J connectivity index is 1.90. The number of hydrogen-bond donors (Lipinski definition) is 9. The Hall–Kier alpha value is -2.44. The first-order valence-electron chi connectivity index (χ1n) is 10.2. The van der Waals surface area contributed by atoms with Gasteiger partial charge in [0.25, 0.3) is 10.1 Å². The summed E-state index contributed by atoms with van der Waals surface area (Å²) in [5, 5.41) is 18.1. The van der Waals surface area contributed by atoms with Crippen molar-refractivity contribution >= 4 is 70.8 Å². The van der Waals surface area contributed by atoms with Gasteiger partial charge in [-0.2, -0.15) is 17.9 Å². The summed E-state index contributed by atoms with van der Waals surface area (Å²) in [7, 11) is -14.9. The zero-order valence-corrected chi connectivity index (χ0v) is 22.9. The molecule has 0 spiro atoms. The van der Waals surface area contributed by atoms with Crippen LogP contribution in [0.25, 0.3) is 10.8 Å². The molecule has 0 saturated heterocycles. The Morgan fingerprint density at radius 2 is 1.59 bits per heavy atom. The summed E-state index contributed by atoms with van der Waals surface area (Å²) in [6.07, 6.45) is 0. The van der Waals surface area contributed by atoms with E-state index < -0.39 is 64.5 Å². The summed E-state index contributed by atoms with van der Waals surface area (Å²) in [4.78, 5) is 3.74. The second-order valence-corrected chi connectivity index (χ2v) is 13.9. The van der Waals surface area contributed by atoms with Crippen molar-refractivity contribution in [1.82, 2.24) is 0 Å². The van der Waals surface area contributed by atoms with Gasteiger partial charge < -0.3 is 24.5 Å². The number of nitrogens with zero attached hydrogens (tertiary/aromatic N) is 2. The minimum Gasteiger partial charge on any atom is -0.507 e. The number of aromatic hydroxyl groups is 1. The van der Waals surface area contributed by atoms with E-state index in [4.69, 9.17) is 23.7 Å². The molecule has 39 heavy (non-hydrogen) atoms. The van der Waals surface area contributed by atoms with Crippen LogP contribution in [-0.4, -0.2) is 62.0 Å². The van der Waals surface area contributed by atoms with Gasteiger partial charge in [0.1, 0.15) is 27.2 Å². The van der Waals surface area contributed by atoms with Crippen LogP contribution in [0.3, 0.4) is 0 Å². The van der Waals surface area contributed by atoms with Gasteiger partial charge in [-0.15, -0.1) is 5.11 Å². The molecule has 0 heterocycles. The summed E-state index contributed by atoms with van der Waals surface area (Å²) in [6, 6.07) is 7.69. The average molecular weight is 630 g/mol. The molecule has 0 saturated carbocycles. The van der Waals surface area contributed by atoms with Gasteiger partial charge in [0.2, 0.25) is 0 Å². The Labute approximate surface area is 226 Å². The van der Waals surface area contributed by atoms with Crippen LogP contribution in [0.15, 0.2) is 61.3 Å².